The van der Waals surface area contributed by atoms with Gasteiger partial charge in [-0.05, 0) is 0 Å². The van der Waals surface area contributed by atoms with Gasteiger partial charge in [0.2, 0.25) is 0 Å². The fourth-order valence-electron chi connectivity index (χ4n) is 1.84. The number of carboxylic acid groups (broad SMARTS) is 1. The smallest absolute Gasteiger partial charge is 0.320 e. The summed E-state index contributed by atoms with van der Waals surface area (Å²) in [4.78, 5) is 25.7. The number of urea groups is 1. The second-order valence-electron chi connectivity index (χ2n) is 4.13. The van der Waals surface area contributed by atoms with Crippen molar-refractivity contribution in [2.45, 2.75) is 6.42 Å². The van der Waals surface area contributed by atoms with Crippen LogP contribution in [-0.2, 0) is 4.79 Å². The number of aliphatic carboxylic acids is 1. The molecule has 1 rings (SSSR count). The molecule has 17 heavy (non-hydrogen) atoms. The second kappa shape index (κ2) is 6.08. The molecule has 0 spiro atoms. The number of carbonyl (C=O) groups excluding carboxylic acids is 1. The first-order valence-electron chi connectivity index (χ1n) is 5.56. The fraction of sp³-hybridized carbons (Fsp3) is 0.500. The molecule has 0 radical (unpaired) electrons. The molecule has 0 saturated carbocycles. The Morgan fingerprint density at radius 2 is 1.82 bits per heavy atom. The summed E-state index contributed by atoms with van der Waals surface area (Å²) < 4.78 is 0. The first-order chi connectivity index (χ1) is 8.08. The highest BCUT2D eigenvalue weighted by atomic mass is 16.4. The van der Waals surface area contributed by atoms with E-state index in [0.717, 1.165) is 0 Å². The molecule has 5 heteroatoms. The van der Waals surface area contributed by atoms with E-state index in [9.17, 15) is 9.59 Å². The molecule has 1 aliphatic rings. The zero-order chi connectivity index (χ0) is 12.8. The largest absolute Gasteiger partial charge is 0.481 e. The minimum absolute atomic E-state index is 0.0774. The second-order valence-corrected chi connectivity index (χ2v) is 4.13. The summed E-state index contributed by atoms with van der Waals surface area (Å²) in [6.07, 6.45) is 3.46. The van der Waals surface area contributed by atoms with Crippen LogP contribution in [0.1, 0.15) is 6.42 Å². The van der Waals surface area contributed by atoms with Gasteiger partial charge in [-0.25, -0.2) is 4.79 Å². The Hall–Kier alpha value is -1.78. The molecule has 5 nitrogen and oxygen atoms in total. The molecule has 0 aromatic rings. The lowest BCUT2D eigenvalue weighted by Crippen LogP contribution is -2.55. The van der Waals surface area contributed by atoms with Gasteiger partial charge in [0.05, 0.1) is 6.42 Å². The molecule has 0 aromatic carbocycles. The molecule has 94 valence electrons. The SMILES string of the molecule is C=CCN(CC=C)C(=O)N1CC(CC(=O)O)C1. The number of hydrogen-bond donors (Lipinski definition) is 1. The lowest BCUT2D eigenvalue weighted by atomic mass is 9.97. The molecule has 0 aromatic heterocycles. The van der Waals surface area contributed by atoms with Crippen molar-refractivity contribution in [3.05, 3.63) is 25.3 Å². The van der Waals surface area contributed by atoms with Crippen LogP contribution in [0.25, 0.3) is 0 Å². The van der Waals surface area contributed by atoms with E-state index in [0.29, 0.717) is 26.2 Å². The third-order valence-electron chi connectivity index (χ3n) is 2.66. The Morgan fingerprint density at radius 1 is 1.29 bits per heavy atom. The number of hydrogen-bond acceptors (Lipinski definition) is 2. The number of carbonyl (C=O) groups is 2. The fourth-order valence-corrected chi connectivity index (χ4v) is 1.84. The number of carboxylic acids is 1. The summed E-state index contributed by atoms with van der Waals surface area (Å²) in [5, 5.41) is 8.61. The van der Waals surface area contributed by atoms with Gasteiger partial charge >= 0.3 is 12.0 Å². The highest BCUT2D eigenvalue weighted by Gasteiger charge is 2.33. The van der Waals surface area contributed by atoms with Gasteiger partial charge in [-0.1, -0.05) is 12.2 Å². The summed E-state index contributed by atoms with van der Waals surface area (Å²) in [7, 11) is 0. The van der Waals surface area contributed by atoms with E-state index in [1.165, 1.54) is 0 Å². The van der Waals surface area contributed by atoms with Crippen LogP contribution in [0, 0.1) is 5.92 Å². The van der Waals surface area contributed by atoms with Crippen molar-refractivity contribution in [1.29, 1.82) is 0 Å². The predicted octanol–water partition coefficient (Wildman–Crippen LogP) is 1.19. The molecule has 1 heterocycles. The molecule has 1 saturated heterocycles. The Balaban J connectivity index is 2.40. The van der Waals surface area contributed by atoms with Gasteiger partial charge in [0, 0.05) is 32.1 Å². The third kappa shape index (κ3) is 3.62. The van der Waals surface area contributed by atoms with Gasteiger partial charge < -0.3 is 14.9 Å². The van der Waals surface area contributed by atoms with E-state index >= 15 is 0 Å². The number of likely N-dealkylation sites (tertiary alicyclic amines) is 1. The Bertz CT molecular complexity index is 312. The van der Waals surface area contributed by atoms with Crippen molar-refractivity contribution in [1.82, 2.24) is 9.80 Å². The van der Waals surface area contributed by atoms with Gasteiger partial charge in [0.15, 0.2) is 0 Å². The van der Waals surface area contributed by atoms with E-state index in [4.69, 9.17) is 5.11 Å². The molecule has 1 fully saturated rings. The van der Waals surface area contributed by atoms with Gasteiger partial charge in [-0.2, -0.15) is 0 Å². The van der Waals surface area contributed by atoms with Crippen LogP contribution in [0.15, 0.2) is 25.3 Å². The van der Waals surface area contributed by atoms with Crippen molar-refractivity contribution >= 4 is 12.0 Å². The molecule has 0 atom stereocenters. The van der Waals surface area contributed by atoms with E-state index in [-0.39, 0.29) is 18.4 Å². The predicted molar refractivity (Wildman–Crippen MR) is 64.7 cm³/mol. The van der Waals surface area contributed by atoms with Gasteiger partial charge in [0.25, 0.3) is 0 Å². The Labute approximate surface area is 101 Å². The maximum absolute atomic E-state index is 11.9. The van der Waals surface area contributed by atoms with Gasteiger partial charge in [-0.3, -0.25) is 4.79 Å². The number of rotatable bonds is 6. The maximum atomic E-state index is 11.9. The third-order valence-corrected chi connectivity index (χ3v) is 2.66. The summed E-state index contributed by atoms with van der Waals surface area (Å²) in [6, 6.07) is -0.0774. The minimum Gasteiger partial charge on any atom is -0.481 e. The first-order valence-corrected chi connectivity index (χ1v) is 5.56. The van der Waals surface area contributed by atoms with Gasteiger partial charge in [-0.15, -0.1) is 13.2 Å². The average Bonchev–Trinajstić information content (AvgIpc) is 2.21. The van der Waals surface area contributed by atoms with Crippen LogP contribution in [0.5, 0.6) is 0 Å². The van der Waals surface area contributed by atoms with Crippen molar-refractivity contribution in [3.63, 3.8) is 0 Å². The Kier molecular flexibility index (Phi) is 4.75. The Morgan fingerprint density at radius 3 is 2.24 bits per heavy atom. The minimum atomic E-state index is -0.809. The molecule has 0 aliphatic carbocycles. The number of nitrogens with zero attached hydrogens (tertiary/aromatic N) is 2. The number of amides is 2. The zero-order valence-corrected chi connectivity index (χ0v) is 9.84. The molecule has 0 unspecified atom stereocenters. The molecule has 0 bridgehead atoms. The first kappa shape index (κ1) is 13.3. The lowest BCUT2D eigenvalue weighted by Gasteiger charge is -2.41. The molecular weight excluding hydrogens is 220 g/mol. The van der Waals surface area contributed by atoms with Gasteiger partial charge in [0.1, 0.15) is 0 Å². The summed E-state index contributed by atoms with van der Waals surface area (Å²) in [5.41, 5.74) is 0. The molecule has 1 N–H and O–H groups in total. The van der Waals surface area contributed by atoms with E-state index in [1.807, 2.05) is 0 Å². The van der Waals surface area contributed by atoms with Crippen molar-refractivity contribution in [3.8, 4) is 0 Å². The van der Waals surface area contributed by atoms with Crippen LogP contribution in [0.3, 0.4) is 0 Å². The summed E-state index contributed by atoms with van der Waals surface area (Å²) >= 11 is 0. The lowest BCUT2D eigenvalue weighted by molar-refractivity contribution is -0.139. The quantitative estimate of drug-likeness (QED) is 0.707. The zero-order valence-electron chi connectivity index (χ0n) is 9.84. The summed E-state index contributed by atoms with van der Waals surface area (Å²) in [6.45, 7) is 9.20. The molecule has 2 amide bonds. The topological polar surface area (TPSA) is 60.9 Å². The summed E-state index contributed by atoms with van der Waals surface area (Å²) in [5.74, 6) is -0.720. The van der Waals surface area contributed by atoms with Crippen LogP contribution in [0.4, 0.5) is 4.79 Å². The van der Waals surface area contributed by atoms with Crippen molar-refractivity contribution < 1.29 is 14.7 Å². The van der Waals surface area contributed by atoms with Crippen LogP contribution in [-0.4, -0.2) is 53.1 Å². The van der Waals surface area contributed by atoms with Crippen LogP contribution in [0.2, 0.25) is 0 Å². The molecule has 1 aliphatic heterocycles. The normalized spacial score (nSPS) is 14.9. The van der Waals surface area contributed by atoms with E-state index in [2.05, 4.69) is 13.2 Å². The molecular formula is C12H18N2O3. The monoisotopic (exact) mass is 238 g/mol. The standard InChI is InChI=1S/C12H18N2O3/c1-3-5-13(6-4-2)12(17)14-8-10(9-14)7-11(15)16/h3-4,10H,1-2,5-9H2,(H,15,16). The highest BCUT2D eigenvalue weighted by Crippen LogP contribution is 2.20. The van der Waals surface area contributed by atoms with E-state index in [1.54, 1.807) is 22.0 Å². The van der Waals surface area contributed by atoms with Crippen LogP contribution >= 0.6 is 0 Å². The maximum Gasteiger partial charge on any atom is 0.320 e. The van der Waals surface area contributed by atoms with Crippen molar-refractivity contribution in [2.24, 2.45) is 5.92 Å². The average molecular weight is 238 g/mol. The van der Waals surface area contributed by atoms with Crippen LogP contribution < -0.4 is 0 Å². The van der Waals surface area contributed by atoms with Crippen molar-refractivity contribution in [2.75, 3.05) is 26.2 Å². The van der Waals surface area contributed by atoms with E-state index < -0.39 is 5.97 Å². The highest BCUT2D eigenvalue weighted by molar-refractivity contribution is 5.76.